The Kier molecular flexibility index (Phi) is 19.5. The molecule has 0 aliphatic heterocycles. The lowest BCUT2D eigenvalue weighted by Gasteiger charge is -2.17. The molecule has 3 heterocycles. The van der Waals surface area contributed by atoms with Gasteiger partial charge in [-0.25, -0.2) is 39.0 Å². The van der Waals surface area contributed by atoms with E-state index in [1.165, 1.54) is 0 Å². The molecule has 14 aromatic carbocycles. The Bertz CT molecular complexity index is 6240. The lowest BCUT2D eigenvalue weighted by atomic mass is 9.98. The lowest BCUT2D eigenvalue weighted by Crippen LogP contribution is -2.05. The molecule has 0 aliphatic rings. The zero-order chi connectivity index (χ0) is 77.6. The van der Waals surface area contributed by atoms with Gasteiger partial charge in [0.15, 0.2) is 23.2 Å². The highest BCUT2D eigenvalue weighted by Gasteiger charge is 2.26. The maximum Gasteiger partial charge on any atom is 0.338 e. The van der Waals surface area contributed by atoms with E-state index in [0.717, 1.165) is 33.4 Å². The van der Waals surface area contributed by atoms with Crippen LogP contribution in [0.15, 0.2) is 328 Å². The second-order valence-corrected chi connectivity index (χ2v) is 27.2. The summed E-state index contributed by atoms with van der Waals surface area (Å²) in [5.74, 6) is -1.29. The smallest absolute Gasteiger partial charge is 0.338 e. The van der Waals surface area contributed by atoms with Gasteiger partial charge < -0.3 is 28.1 Å². The first-order valence-corrected chi connectivity index (χ1v) is 36.6. The van der Waals surface area contributed by atoms with Crippen molar-refractivity contribution < 1.29 is 38.1 Å². The molecule has 0 amide bonds. The number of esters is 4. The molecule has 0 spiro atoms. The molecule has 0 atom stereocenters. The number of carbonyl (C=O) groups excluding carboxylic acids is 4. The molecule has 0 saturated heterocycles. The van der Waals surface area contributed by atoms with Crippen LogP contribution in [-0.4, -0.2) is 48.0 Å². The van der Waals surface area contributed by atoms with Crippen LogP contribution in [0.2, 0.25) is 0 Å². The molecule has 0 unspecified atom stereocenters. The van der Waals surface area contributed by atoms with E-state index < -0.39 is 23.9 Å². The number of nitriles is 2. The number of fused-ring (bicyclic) bond motifs is 6. The predicted molar refractivity (Wildman–Crippen MR) is 439 cm³/mol. The number of hydrogen-bond donors (Lipinski definition) is 0. The van der Waals surface area contributed by atoms with Gasteiger partial charge in [0, 0.05) is 49.4 Å². The van der Waals surface area contributed by atoms with Gasteiger partial charge in [-0.15, -0.1) is 0 Å². The van der Waals surface area contributed by atoms with Crippen LogP contribution in [0.4, 0.5) is 5.69 Å². The Hall–Kier alpha value is -16.0. The van der Waals surface area contributed by atoms with E-state index in [4.69, 9.17) is 40.5 Å². The highest BCUT2D eigenvalue weighted by Crippen LogP contribution is 2.43. The van der Waals surface area contributed by atoms with Crippen LogP contribution in [0, 0.1) is 29.2 Å². The number of benzene rings is 14. The minimum atomic E-state index is -0.537. The quantitative estimate of drug-likeness (QED) is 0.0396. The molecular formula is C98H62N8O8. The number of rotatable bonds is 20. The minimum absolute atomic E-state index is 0.0540. The number of hydrogen-bond acceptors (Lipinski definition) is 13. The van der Waals surface area contributed by atoms with Crippen LogP contribution in [0.3, 0.4) is 0 Å². The van der Waals surface area contributed by atoms with Gasteiger partial charge in [-0.2, -0.15) is 10.5 Å². The molecule has 17 aromatic rings. The summed E-state index contributed by atoms with van der Waals surface area (Å²) in [6.07, 6.45) is 0. The molecule has 0 saturated carbocycles. The Labute approximate surface area is 654 Å². The molecule has 16 nitrogen and oxygen atoms in total. The maximum atomic E-state index is 14.1. The highest BCUT2D eigenvalue weighted by molar-refractivity contribution is 6.15. The second-order valence-electron chi connectivity index (χ2n) is 27.2. The lowest BCUT2D eigenvalue weighted by molar-refractivity contribution is 0.0464. The average Bonchev–Trinajstić information content (AvgIpc) is 1.57. The molecule has 542 valence electrons. The molecular weight excluding hydrogens is 1420 g/mol. The summed E-state index contributed by atoms with van der Waals surface area (Å²) in [5.41, 5.74) is 15.9. The van der Waals surface area contributed by atoms with Crippen molar-refractivity contribution in [3.63, 3.8) is 0 Å². The predicted octanol–water partition coefficient (Wildman–Crippen LogP) is 21.8. The molecule has 0 radical (unpaired) electrons. The van der Waals surface area contributed by atoms with Crippen molar-refractivity contribution in [2.75, 3.05) is 0 Å². The maximum absolute atomic E-state index is 14.1. The zero-order valence-electron chi connectivity index (χ0n) is 60.8. The molecule has 17 rings (SSSR count). The van der Waals surface area contributed by atoms with Gasteiger partial charge in [0.2, 0.25) is 0 Å². The fourth-order valence-electron chi connectivity index (χ4n) is 14.4. The van der Waals surface area contributed by atoms with Crippen LogP contribution in [-0.2, 0) is 45.4 Å². The normalized spacial score (nSPS) is 11.1. The van der Waals surface area contributed by atoms with Gasteiger partial charge in [-0.1, -0.05) is 182 Å². The van der Waals surface area contributed by atoms with Crippen molar-refractivity contribution in [1.29, 1.82) is 10.5 Å². The van der Waals surface area contributed by atoms with Crippen molar-refractivity contribution in [2.45, 2.75) is 26.4 Å². The summed E-state index contributed by atoms with van der Waals surface area (Å²) >= 11 is 0. The number of ether oxygens (including phenoxy) is 4. The monoisotopic (exact) mass is 1480 g/mol. The van der Waals surface area contributed by atoms with Crippen molar-refractivity contribution in [3.05, 3.63) is 395 Å². The number of aromatic nitrogens is 5. The van der Waals surface area contributed by atoms with Crippen LogP contribution in [0.25, 0.3) is 127 Å². The number of nitrogens with zero attached hydrogens (tertiary/aromatic N) is 8. The largest absolute Gasteiger partial charge is 0.457 e. The SMILES string of the molecule is [C-]#[N+]c1cccc(-c2cc(-c3nc(-c4cccc(-c5cccc(C#N)c5)c4)nc(-c4ccc(-n5c6ccc(C(=O)OCc7ccccc7)cc6c6cc(C(=O)OCc7ccccc7)ccc65)c(-c5cccc(C#N)c5)c4)n3)ccc2-n2c3ccc(C(=O)OCc4ccccc4)cc3c3cc(C(=O)OCc4ccccc4)ccc32)c1. The Morgan fingerprint density at radius 2 is 0.614 bits per heavy atom. The fourth-order valence-corrected chi connectivity index (χ4v) is 14.4. The summed E-state index contributed by atoms with van der Waals surface area (Å²) in [7, 11) is 0. The summed E-state index contributed by atoms with van der Waals surface area (Å²) in [6.45, 7) is 8.46. The first kappa shape index (κ1) is 71.0. The van der Waals surface area contributed by atoms with Gasteiger partial charge in [0.05, 0.1) is 85.5 Å². The zero-order valence-corrected chi connectivity index (χ0v) is 60.8. The average molecular weight is 1480 g/mol. The van der Waals surface area contributed by atoms with E-state index in [-0.39, 0.29) is 38.1 Å². The topological polar surface area (TPSA) is 206 Å². The molecule has 0 N–H and O–H groups in total. The van der Waals surface area contributed by atoms with E-state index >= 15 is 0 Å². The van der Waals surface area contributed by atoms with Crippen LogP contribution in [0.5, 0.6) is 0 Å². The molecule has 0 aliphatic carbocycles. The number of carbonyl (C=O) groups is 4. The van der Waals surface area contributed by atoms with Crippen molar-refractivity contribution in [1.82, 2.24) is 24.1 Å². The molecule has 114 heavy (non-hydrogen) atoms. The fraction of sp³-hybridized carbons (Fsp3) is 0.0408. The van der Waals surface area contributed by atoms with Crippen molar-refractivity contribution >= 4 is 73.2 Å². The standard InChI is InChI=1S/C98H62N8O8/c1-101-79-33-17-31-71(49-79)81-51-74(35-41-87(81)106-90-44-38-77(97(109)113-60-64-22-10-4-11-23-64)54-84(90)85-55-78(39-45-91(85)106)98(110)114-61-65-24-12-5-13-25-65)94-103-92(72-32-16-29-69(48-72)68-28-14-26-66(46-68)56-99)102-93(104-94)73-34-40-86(80(50-73)70-30-15-27-67(47-70)57-100)105-88-42-36-75(95(107)111-58-62-18-6-2-7-19-62)52-82(88)83-53-76(37-43-89(83)105)96(108)112-59-63-20-8-3-9-21-63/h2-55H,58-61H2. The van der Waals surface area contributed by atoms with Crippen LogP contribution < -0.4 is 0 Å². The summed E-state index contributed by atoms with van der Waals surface area (Å²) in [5, 5.41) is 23.1. The summed E-state index contributed by atoms with van der Waals surface area (Å²) < 4.78 is 27.7. The Morgan fingerprint density at radius 1 is 0.307 bits per heavy atom. The highest BCUT2D eigenvalue weighted by atomic mass is 16.5. The minimum Gasteiger partial charge on any atom is -0.457 e. The van der Waals surface area contributed by atoms with Gasteiger partial charge >= 0.3 is 23.9 Å². The van der Waals surface area contributed by atoms with Crippen molar-refractivity contribution in [3.8, 4) is 91.1 Å². The van der Waals surface area contributed by atoms with E-state index in [2.05, 4.69) is 26.1 Å². The molecule has 0 bridgehead atoms. The molecule has 0 fully saturated rings. The van der Waals surface area contributed by atoms with Gasteiger partial charge in [-0.3, -0.25) is 0 Å². The second kappa shape index (κ2) is 31.3. The van der Waals surface area contributed by atoms with E-state index in [1.807, 2.05) is 261 Å². The van der Waals surface area contributed by atoms with Crippen molar-refractivity contribution in [2.24, 2.45) is 0 Å². The van der Waals surface area contributed by atoms with Crippen LogP contribution >= 0.6 is 0 Å². The Morgan fingerprint density at radius 3 is 0.974 bits per heavy atom. The van der Waals surface area contributed by atoms with Gasteiger partial charge in [-0.05, 0) is 190 Å². The van der Waals surface area contributed by atoms with Gasteiger partial charge in [0.25, 0.3) is 0 Å². The third-order valence-electron chi connectivity index (χ3n) is 20.0. The molecule has 3 aromatic heterocycles. The third kappa shape index (κ3) is 14.6. The summed E-state index contributed by atoms with van der Waals surface area (Å²) in [6, 6.07) is 105. The first-order valence-electron chi connectivity index (χ1n) is 36.6. The first-order chi connectivity index (χ1) is 56.0. The van der Waals surface area contributed by atoms with E-state index in [0.29, 0.717) is 139 Å². The van der Waals surface area contributed by atoms with E-state index in [1.54, 1.807) is 66.7 Å². The molecule has 16 heteroatoms. The van der Waals surface area contributed by atoms with Gasteiger partial charge in [0.1, 0.15) is 26.4 Å². The third-order valence-corrected chi connectivity index (χ3v) is 20.0. The van der Waals surface area contributed by atoms with E-state index in [9.17, 15) is 29.7 Å². The Balaban J connectivity index is 0.841. The van der Waals surface area contributed by atoms with Crippen LogP contribution in [0.1, 0.15) is 74.8 Å². The summed E-state index contributed by atoms with van der Waals surface area (Å²) in [4.78, 5) is 76.3.